The molecule has 1 aliphatic heterocycles. The van der Waals surface area contributed by atoms with Gasteiger partial charge in [0.2, 0.25) is 0 Å². The van der Waals surface area contributed by atoms with Gasteiger partial charge in [0.15, 0.2) is 0 Å². The number of rotatable bonds is 4. The van der Waals surface area contributed by atoms with E-state index in [-0.39, 0.29) is 11.0 Å². The third-order valence-electron chi connectivity index (χ3n) is 4.34. The van der Waals surface area contributed by atoms with E-state index in [9.17, 15) is 0 Å². The van der Waals surface area contributed by atoms with Crippen molar-refractivity contribution in [3.05, 3.63) is 29.3 Å². The highest BCUT2D eigenvalue weighted by Crippen LogP contribution is 2.45. The molecule has 106 valence electrons. The largest absolute Gasteiger partial charge is 0.496 e. The van der Waals surface area contributed by atoms with Crippen molar-refractivity contribution in [1.82, 2.24) is 0 Å². The van der Waals surface area contributed by atoms with Gasteiger partial charge in [0.1, 0.15) is 5.75 Å². The molecule has 1 saturated heterocycles. The van der Waals surface area contributed by atoms with Crippen LogP contribution in [0.4, 0.5) is 0 Å². The Bertz CT molecular complexity index is 456. The zero-order chi connectivity index (χ0) is 14.3. The van der Waals surface area contributed by atoms with E-state index in [0.29, 0.717) is 19.1 Å². The Morgan fingerprint density at radius 1 is 1.32 bits per heavy atom. The second-order valence-corrected chi connectivity index (χ2v) is 6.41. The van der Waals surface area contributed by atoms with Gasteiger partial charge >= 0.3 is 0 Å². The van der Waals surface area contributed by atoms with Crippen molar-refractivity contribution < 1.29 is 9.47 Å². The summed E-state index contributed by atoms with van der Waals surface area (Å²) in [5.41, 5.74) is 8.36. The van der Waals surface area contributed by atoms with Crippen molar-refractivity contribution >= 4 is 0 Å². The lowest BCUT2D eigenvalue weighted by molar-refractivity contribution is -0.0927. The Kier molecular flexibility index (Phi) is 3.63. The number of hydrogen-bond donors (Lipinski definition) is 1. The molecule has 0 aromatic heterocycles. The predicted octanol–water partition coefficient (Wildman–Crippen LogP) is 2.82. The van der Waals surface area contributed by atoms with Gasteiger partial charge in [0, 0.05) is 11.1 Å². The Balaban J connectivity index is 2.50. The molecule has 19 heavy (non-hydrogen) atoms. The molecule has 1 fully saturated rings. The van der Waals surface area contributed by atoms with Crippen molar-refractivity contribution in [2.75, 3.05) is 20.3 Å². The SMILES string of the molecule is COc1cc(C(C)C)ccc1C1(C(C)(C)N)COC1. The highest BCUT2D eigenvalue weighted by Gasteiger charge is 2.51. The van der Waals surface area contributed by atoms with Crippen LogP contribution in [0.15, 0.2) is 18.2 Å². The first kappa shape index (κ1) is 14.4. The minimum absolute atomic E-state index is 0.145. The normalized spacial score (nSPS) is 18.3. The number of methoxy groups -OCH3 is 1. The first-order valence-corrected chi connectivity index (χ1v) is 6.87. The lowest BCUT2D eigenvalue weighted by Crippen LogP contribution is -2.64. The maximum absolute atomic E-state index is 6.39. The molecule has 0 atom stereocenters. The minimum atomic E-state index is -0.335. The van der Waals surface area contributed by atoms with Crippen molar-refractivity contribution in [3.8, 4) is 5.75 Å². The lowest BCUT2D eigenvalue weighted by Gasteiger charge is -2.51. The summed E-state index contributed by atoms with van der Waals surface area (Å²) in [5.74, 6) is 1.41. The van der Waals surface area contributed by atoms with Crippen molar-refractivity contribution in [2.24, 2.45) is 5.73 Å². The third kappa shape index (κ3) is 2.26. The van der Waals surface area contributed by atoms with E-state index >= 15 is 0 Å². The Labute approximate surface area is 116 Å². The monoisotopic (exact) mass is 263 g/mol. The van der Waals surface area contributed by atoms with Crippen LogP contribution in [0.2, 0.25) is 0 Å². The molecule has 0 aliphatic carbocycles. The molecular formula is C16H25NO2. The fourth-order valence-corrected chi connectivity index (χ4v) is 2.64. The number of ether oxygens (including phenoxy) is 2. The third-order valence-corrected chi connectivity index (χ3v) is 4.34. The molecule has 0 bridgehead atoms. The van der Waals surface area contributed by atoms with Crippen LogP contribution in [0.25, 0.3) is 0 Å². The van der Waals surface area contributed by atoms with E-state index < -0.39 is 0 Å². The molecule has 0 saturated carbocycles. The summed E-state index contributed by atoms with van der Waals surface area (Å²) in [6, 6.07) is 6.46. The average molecular weight is 263 g/mol. The Morgan fingerprint density at radius 2 is 1.95 bits per heavy atom. The summed E-state index contributed by atoms with van der Waals surface area (Å²) in [5, 5.41) is 0. The quantitative estimate of drug-likeness (QED) is 0.908. The number of benzene rings is 1. The number of hydrogen-bond acceptors (Lipinski definition) is 3. The summed E-state index contributed by atoms with van der Waals surface area (Å²) >= 11 is 0. The molecular weight excluding hydrogens is 238 g/mol. The molecule has 3 heteroatoms. The average Bonchev–Trinajstić information content (AvgIpc) is 2.25. The first-order valence-electron chi connectivity index (χ1n) is 6.87. The minimum Gasteiger partial charge on any atom is -0.496 e. The molecule has 1 aromatic rings. The molecule has 1 heterocycles. The van der Waals surface area contributed by atoms with Crippen LogP contribution in [-0.4, -0.2) is 25.9 Å². The standard InChI is InChI=1S/C16H25NO2/c1-11(2)12-6-7-13(14(8-12)18-5)16(9-19-10-16)15(3,4)17/h6-8,11H,9-10,17H2,1-5H3. The number of nitrogens with two attached hydrogens (primary N) is 1. The van der Waals surface area contributed by atoms with Crippen LogP contribution in [0, 0.1) is 0 Å². The lowest BCUT2D eigenvalue weighted by atomic mass is 9.65. The van der Waals surface area contributed by atoms with E-state index in [2.05, 4.69) is 45.9 Å². The van der Waals surface area contributed by atoms with E-state index in [4.69, 9.17) is 15.2 Å². The zero-order valence-electron chi connectivity index (χ0n) is 12.6. The zero-order valence-corrected chi connectivity index (χ0v) is 12.6. The Hall–Kier alpha value is -1.06. The maximum atomic E-state index is 6.39. The van der Waals surface area contributed by atoms with Crippen molar-refractivity contribution in [1.29, 1.82) is 0 Å². The smallest absolute Gasteiger partial charge is 0.123 e. The van der Waals surface area contributed by atoms with Gasteiger partial charge in [-0.3, -0.25) is 0 Å². The van der Waals surface area contributed by atoms with Crippen LogP contribution in [0.5, 0.6) is 5.75 Å². The molecule has 0 radical (unpaired) electrons. The summed E-state index contributed by atoms with van der Waals surface area (Å²) in [6.07, 6.45) is 0. The van der Waals surface area contributed by atoms with Crippen LogP contribution >= 0.6 is 0 Å². The summed E-state index contributed by atoms with van der Waals surface area (Å²) in [4.78, 5) is 0. The molecule has 0 unspecified atom stereocenters. The van der Waals surface area contributed by atoms with E-state index in [1.54, 1.807) is 7.11 Å². The molecule has 0 spiro atoms. The van der Waals surface area contributed by atoms with Gasteiger partial charge in [-0.2, -0.15) is 0 Å². The molecule has 2 rings (SSSR count). The Morgan fingerprint density at radius 3 is 2.32 bits per heavy atom. The fourth-order valence-electron chi connectivity index (χ4n) is 2.64. The van der Waals surface area contributed by atoms with Crippen LogP contribution in [-0.2, 0) is 10.2 Å². The van der Waals surface area contributed by atoms with E-state index in [1.807, 2.05) is 0 Å². The van der Waals surface area contributed by atoms with Gasteiger partial charge in [0.05, 0.1) is 25.7 Å². The topological polar surface area (TPSA) is 44.5 Å². The molecule has 3 nitrogen and oxygen atoms in total. The maximum Gasteiger partial charge on any atom is 0.123 e. The molecule has 0 amide bonds. The van der Waals surface area contributed by atoms with E-state index in [0.717, 1.165) is 11.3 Å². The summed E-state index contributed by atoms with van der Waals surface area (Å²) in [6.45, 7) is 9.81. The molecule has 1 aromatic carbocycles. The van der Waals surface area contributed by atoms with Crippen LogP contribution < -0.4 is 10.5 Å². The van der Waals surface area contributed by atoms with Gasteiger partial charge in [0.25, 0.3) is 0 Å². The summed E-state index contributed by atoms with van der Waals surface area (Å²) < 4.78 is 11.1. The fraction of sp³-hybridized carbons (Fsp3) is 0.625. The van der Waals surface area contributed by atoms with Crippen LogP contribution in [0.3, 0.4) is 0 Å². The first-order chi connectivity index (χ1) is 8.82. The van der Waals surface area contributed by atoms with Crippen molar-refractivity contribution in [3.63, 3.8) is 0 Å². The predicted molar refractivity (Wildman–Crippen MR) is 77.8 cm³/mol. The second-order valence-electron chi connectivity index (χ2n) is 6.41. The van der Waals surface area contributed by atoms with Crippen LogP contribution in [0.1, 0.15) is 44.7 Å². The van der Waals surface area contributed by atoms with Gasteiger partial charge < -0.3 is 15.2 Å². The van der Waals surface area contributed by atoms with Gasteiger partial charge in [-0.05, 0) is 31.4 Å². The second kappa shape index (κ2) is 4.80. The van der Waals surface area contributed by atoms with Gasteiger partial charge in [-0.15, -0.1) is 0 Å². The van der Waals surface area contributed by atoms with Gasteiger partial charge in [-0.25, -0.2) is 0 Å². The summed E-state index contributed by atoms with van der Waals surface area (Å²) in [7, 11) is 1.72. The van der Waals surface area contributed by atoms with Crippen molar-refractivity contribution in [2.45, 2.75) is 44.6 Å². The van der Waals surface area contributed by atoms with Gasteiger partial charge in [-0.1, -0.05) is 26.0 Å². The van der Waals surface area contributed by atoms with E-state index in [1.165, 1.54) is 5.56 Å². The highest BCUT2D eigenvalue weighted by molar-refractivity contribution is 5.47. The highest BCUT2D eigenvalue weighted by atomic mass is 16.5. The molecule has 2 N–H and O–H groups in total. The molecule has 1 aliphatic rings.